The Kier molecular flexibility index (Phi) is 9.15. The van der Waals surface area contributed by atoms with Crippen LogP contribution in [-0.2, 0) is 6.54 Å². The molecule has 0 radical (unpaired) electrons. The number of halogens is 2. The molecule has 0 aliphatic carbocycles. The third-order valence-electron chi connectivity index (χ3n) is 4.22. The highest BCUT2D eigenvalue weighted by atomic mass is 35.5. The zero-order chi connectivity index (χ0) is 16.9. The Morgan fingerprint density at radius 1 is 1.35 bits per heavy atom. The molecule has 1 aromatic carbocycles. The molecule has 1 saturated heterocycles. The minimum atomic E-state index is -0.110. The van der Waals surface area contributed by atoms with Crippen LogP contribution in [0.15, 0.2) is 29.6 Å². The molecule has 6 nitrogen and oxygen atoms in total. The normalized spacial score (nSPS) is 14.2. The number of para-hydroxylation sites is 2. The van der Waals surface area contributed by atoms with Crippen LogP contribution in [0, 0.1) is 0 Å². The van der Waals surface area contributed by atoms with Gasteiger partial charge in [0.05, 0.1) is 12.8 Å². The van der Waals surface area contributed by atoms with E-state index in [9.17, 15) is 4.79 Å². The van der Waals surface area contributed by atoms with Gasteiger partial charge in [0.25, 0.3) is 5.91 Å². The molecule has 144 valence electrons. The van der Waals surface area contributed by atoms with Crippen molar-refractivity contribution < 1.29 is 9.53 Å². The summed E-state index contributed by atoms with van der Waals surface area (Å²) in [6.07, 6.45) is 1.80. The van der Waals surface area contributed by atoms with Crippen molar-refractivity contribution in [2.45, 2.75) is 25.4 Å². The average molecular weight is 419 g/mol. The number of amides is 1. The van der Waals surface area contributed by atoms with Crippen molar-refractivity contribution in [3.8, 4) is 5.75 Å². The number of nitrogens with two attached hydrogens (primary N) is 1. The molecule has 1 aliphatic heterocycles. The first kappa shape index (κ1) is 22.5. The number of hydrogen-bond donors (Lipinski definition) is 2. The lowest BCUT2D eigenvalue weighted by atomic mass is 10.0. The zero-order valence-electron chi connectivity index (χ0n) is 14.5. The molecule has 1 aromatic heterocycles. The second-order valence-electron chi connectivity index (χ2n) is 5.74. The van der Waals surface area contributed by atoms with Crippen LogP contribution in [0.3, 0.4) is 0 Å². The van der Waals surface area contributed by atoms with E-state index in [2.05, 4.69) is 21.3 Å². The van der Waals surface area contributed by atoms with Gasteiger partial charge in [-0.15, -0.1) is 36.2 Å². The number of piperidine rings is 1. The number of benzene rings is 1. The molecule has 3 rings (SSSR count). The summed E-state index contributed by atoms with van der Waals surface area (Å²) in [5.41, 5.74) is 7.12. The number of ether oxygens (including phenoxy) is 1. The van der Waals surface area contributed by atoms with E-state index in [0.717, 1.165) is 42.4 Å². The van der Waals surface area contributed by atoms with Gasteiger partial charge >= 0.3 is 0 Å². The summed E-state index contributed by atoms with van der Waals surface area (Å²) in [6.45, 7) is 2.14. The number of carbonyl (C=O) groups excluding carboxylic acids is 1. The van der Waals surface area contributed by atoms with Gasteiger partial charge in [0.1, 0.15) is 16.5 Å². The highest BCUT2D eigenvalue weighted by Crippen LogP contribution is 2.29. The smallest absolute Gasteiger partial charge is 0.270 e. The monoisotopic (exact) mass is 418 g/mol. The van der Waals surface area contributed by atoms with Crippen LogP contribution in [-0.4, -0.2) is 37.1 Å². The molecular weight excluding hydrogens is 395 g/mol. The van der Waals surface area contributed by atoms with Crippen LogP contribution in [0.25, 0.3) is 0 Å². The fraction of sp³-hybridized carbons (Fsp3) is 0.412. The molecule has 1 aliphatic rings. The Labute approximate surface area is 169 Å². The number of anilines is 1. The maximum atomic E-state index is 12.3. The van der Waals surface area contributed by atoms with Crippen LogP contribution in [0.4, 0.5) is 5.69 Å². The molecule has 0 unspecified atom stereocenters. The number of methoxy groups -OCH3 is 1. The van der Waals surface area contributed by atoms with Crippen molar-refractivity contribution in [3.63, 3.8) is 0 Å². The number of nitrogens with one attached hydrogen (secondary N) is 1. The molecular formula is C17H24Cl2N4O2S. The van der Waals surface area contributed by atoms with Crippen molar-refractivity contribution in [1.29, 1.82) is 0 Å². The topological polar surface area (TPSA) is 80.5 Å². The first-order valence-corrected chi connectivity index (χ1v) is 8.92. The summed E-state index contributed by atoms with van der Waals surface area (Å²) in [7, 11) is 1.69. The molecule has 9 heteroatoms. The third-order valence-corrected chi connectivity index (χ3v) is 5.09. The lowest BCUT2D eigenvalue weighted by Gasteiger charge is -2.34. The number of carbonyl (C=O) groups is 1. The minimum absolute atomic E-state index is 0. The largest absolute Gasteiger partial charge is 0.495 e. The van der Waals surface area contributed by atoms with Gasteiger partial charge in [-0.3, -0.25) is 4.79 Å². The number of aromatic nitrogens is 1. The van der Waals surface area contributed by atoms with Gasteiger partial charge in [-0.05, 0) is 25.0 Å². The summed E-state index contributed by atoms with van der Waals surface area (Å²) >= 11 is 1.42. The predicted molar refractivity (Wildman–Crippen MR) is 110 cm³/mol. The Hall–Kier alpha value is -1.54. The number of hydrogen-bond acceptors (Lipinski definition) is 6. The van der Waals surface area contributed by atoms with Gasteiger partial charge in [0, 0.05) is 31.1 Å². The molecule has 1 fully saturated rings. The fourth-order valence-electron chi connectivity index (χ4n) is 2.92. The van der Waals surface area contributed by atoms with Gasteiger partial charge in [-0.25, -0.2) is 4.98 Å². The molecule has 0 spiro atoms. The second kappa shape index (κ2) is 10.6. The Bertz CT molecular complexity index is 706. The lowest BCUT2D eigenvalue weighted by molar-refractivity contribution is 0.0926. The SMILES string of the molecule is COc1ccccc1N1CCC(NC(=O)c2csc(CN)n2)CC1.Cl.Cl. The molecule has 1 amide bonds. The maximum absolute atomic E-state index is 12.3. The second-order valence-corrected chi connectivity index (χ2v) is 6.68. The van der Waals surface area contributed by atoms with Gasteiger partial charge in [0.2, 0.25) is 0 Å². The molecule has 2 aromatic rings. The molecule has 26 heavy (non-hydrogen) atoms. The van der Waals surface area contributed by atoms with Crippen molar-refractivity contribution in [3.05, 3.63) is 40.3 Å². The minimum Gasteiger partial charge on any atom is -0.495 e. The number of nitrogens with zero attached hydrogens (tertiary/aromatic N) is 2. The van der Waals surface area contributed by atoms with E-state index in [-0.39, 0.29) is 36.8 Å². The third kappa shape index (κ3) is 5.23. The van der Waals surface area contributed by atoms with E-state index in [1.165, 1.54) is 11.3 Å². The van der Waals surface area contributed by atoms with Crippen molar-refractivity contribution in [2.75, 3.05) is 25.1 Å². The zero-order valence-corrected chi connectivity index (χ0v) is 17.0. The summed E-state index contributed by atoms with van der Waals surface area (Å²) < 4.78 is 5.43. The van der Waals surface area contributed by atoms with E-state index in [0.29, 0.717) is 12.2 Å². The first-order valence-electron chi connectivity index (χ1n) is 8.04. The van der Waals surface area contributed by atoms with Crippen LogP contribution < -0.4 is 20.7 Å². The first-order chi connectivity index (χ1) is 11.7. The Balaban J connectivity index is 0.00000169. The lowest BCUT2D eigenvalue weighted by Crippen LogP contribution is -2.44. The van der Waals surface area contributed by atoms with E-state index < -0.39 is 0 Å². The van der Waals surface area contributed by atoms with Crippen LogP contribution in [0.1, 0.15) is 28.3 Å². The summed E-state index contributed by atoms with van der Waals surface area (Å²) in [6, 6.07) is 8.20. The van der Waals surface area contributed by atoms with Crippen molar-refractivity contribution in [1.82, 2.24) is 10.3 Å². The Morgan fingerprint density at radius 2 is 2.04 bits per heavy atom. The van der Waals surface area contributed by atoms with Crippen LogP contribution >= 0.6 is 36.2 Å². The number of thiazole rings is 1. The van der Waals surface area contributed by atoms with E-state index >= 15 is 0 Å². The highest BCUT2D eigenvalue weighted by molar-refractivity contribution is 7.09. The van der Waals surface area contributed by atoms with E-state index in [1.54, 1.807) is 12.5 Å². The van der Waals surface area contributed by atoms with Crippen molar-refractivity contribution in [2.24, 2.45) is 5.73 Å². The van der Waals surface area contributed by atoms with Gasteiger partial charge in [0.15, 0.2) is 0 Å². The van der Waals surface area contributed by atoms with Crippen LogP contribution in [0.5, 0.6) is 5.75 Å². The van der Waals surface area contributed by atoms with Gasteiger partial charge < -0.3 is 20.7 Å². The molecule has 2 heterocycles. The maximum Gasteiger partial charge on any atom is 0.270 e. The predicted octanol–water partition coefficient (Wildman–Crippen LogP) is 2.85. The molecule has 0 atom stereocenters. The van der Waals surface area contributed by atoms with Crippen molar-refractivity contribution >= 4 is 47.7 Å². The summed E-state index contributed by atoms with van der Waals surface area (Å²) in [4.78, 5) is 18.8. The number of rotatable bonds is 5. The van der Waals surface area contributed by atoms with E-state index in [1.807, 2.05) is 18.2 Å². The Morgan fingerprint density at radius 3 is 2.65 bits per heavy atom. The van der Waals surface area contributed by atoms with Gasteiger partial charge in [-0.2, -0.15) is 0 Å². The van der Waals surface area contributed by atoms with Gasteiger partial charge in [-0.1, -0.05) is 12.1 Å². The standard InChI is InChI=1S/C17H22N4O2S.2ClH/c1-23-15-5-3-2-4-14(15)21-8-6-12(7-9-21)19-17(22)13-11-24-16(10-18)20-13;;/h2-5,11-12H,6-10,18H2,1H3,(H,19,22);2*1H. The summed E-state index contributed by atoms with van der Waals surface area (Å²) in [5.74, 6) is 0.776. The molecule has 0 saturated carbocycles. The molecule has 0 bridgehead atoms. The molecule has 3 N–H and O–H groups in total. The fourth-order valence-corrected chi connectivity index (χ4v) is 3.58. The van der Waals surface area contributed by atoms with E-state index in [4.69, 9.17) is 10.5 Å². The van der Waals surface area contributed by atoms with Crippen LogP contribution in [0.2, 0.25) is 0 Å². The quantitative estimate of drug-likeness (QED) is 0.779. The summed E-state index contributed by atoms with van der Waals surface area (Å²) in [5, 5.41) is 5.63. The highest BCUT2D eigenvalue weighted by Gasteiger charge is 2.23. The average Bonchev–Trinajstić information content (AvgIpc) is 3.12.